The standard InChI is InChI=1S/C15H29NO3/c1-14(2,3)12(17)8-7-10-19-11-9-16-13(18)15(4,5)6/h7-11H2,1-6H3,(H,16,18). The van der Waals surface area contributed by atoms with Crippen LogP contribution in [0.3, 0.4) is 0 Å². The molecule has 0 aliphatic heterocycles. The highest BCUT2D eigenvalue weighted by molar-refractivity contribution is 5.83. The number of hydrogen-bond acceptors (Lipinski definition) is 3. The van der Waals surface area contributed by atoms with Gasteiger partial charge in [0.2, 0.25) is 5.91 Å². The Bertz CT molecular complexity index is 267. The Morgan fingerprint density at radius 3 is 2.00 bits per heavy atom. The molecule has 0 aromatic heterocycles. The van der Waals surface area contributed by atoms with Gasteiger partial charge in [-0.15, -0.1) is 0 Å². The van der Waals surface area contributed by atoms with E-state index in [0.717, 1.165) is 6.42 Å². The van der Waals surface area contributed by atoms with E-state index in [0.29, 0.717) is 26.2 Å². The van der Waals surface area contributed by atoms with Crippen molar-refractivity contribution in [3.05, 3.63) is 0 Å². The van der Waals surface area contributed by atoms with Crippen LogP contribution in [0.15, 0.2) is 0 Å². The third kappa shape index (κ3) is 8.76. The lowest BCUT2D eigenvalue weighted by atomic mass is 9.88. The fraction of sp³-hybridized carbons (Fsp3) is 0.867. The zero-order chi connectivity index (χ0) is 15.1. The van der Waals surface area contributed by atoms with Crippen LogP contribution in [0.2, 0.25) is 0 Å². The summed E-state index contributed by atoms with van der Waals surface area (Å²) in [7, 11) is 0. The maximum atomic E-state index is 11.6. The maximum Gasteiger partial charge on any atom is 0.225 e. The molecule has 0 spiro atoms. The van der Waals surface area contributed by atoms with Crippen molar-refractivity contribution in [2.75, 3.05) is 19.8 Å². The van der Waals surface area contributed by atoms with E-state index in [4.69, 9.17) is 4.74 Å². The van der Waals surface area contributed by atoms with Gasteiger partial charge in [-0.1, -0.05) is 41.5 Å². The lowest BCUT2D eigenvalue weighted by Crippen LogP contribution is -2.36. The van der Waals surface area contributed by atoms with Crippen molar-refractivity contribution in [1.29, 1.82) is 0 Å². The summed E-state index contributed by atoms with van der Waals surface area (Å²) in [4.78, 5) is 23.2. The van der Waals surface area contributed by atoms with Crippen LogP contribution in [0.4, 0.5) is 0 Å². The van der Waals surface area contributed by atoms with Crippen molar-refractivity contribution in [3.8, 4) is 0 Å². The molecule has 0 atom stereocenters. The summed E-state index contributed by atoms with van der Waals surface area (Å²) in [5.41, 5.74) is -0.625. The van der Waals surface area contributed by atoms with Gasteiger partial charge in [-0.3, -0.25) is 9.59 Å². The van der Waals surface area contributed by atoms with Gasteiger partial charge in [-0.2, -0.15) is 0 Å². The molecule has 0 bridgehead atoms. The molecule has 0 unspecified atom stereocenters. The van der Waals surface area contributed by atoms with Gasteiger partial charge in [0.15, 0.2) is 0 Å². The quantitative estimate of drug-likeness (QED) is 0.724. The Balaban J connectivity index is 3.53. The third-order valence-corrected chi connectivity index (χ3v) is 2.74. The zero-order valence-corrected chi connectivity index (χ0v) is 13.3. The van der Waals surface area contributed by atoms with Crippen molar-refractivity contribution in [1.82, 2.24) is 5.32 Å². The zero-order valence-electron chi connectivity index (χ0n) is 13.3. The van der Waals surface area contributed by atoms with Gasteiger partial charge >= 0.3 is 0 Å². The van der Waals surface area contributed by atoms with E-state index >= 15 is 0 Å². The molecule has 0 aliphatic carbocycles. The molecule has 112 valence electrons. The van der Waals surface area contributed by atoms with Gasteiger partial charge in [0.05, 0.1) is 6.61 Å². The highest BCUT2D eigenvalue weighted by Gasteiger charge is 2.21. The molecule has 0 rings (SSSR count). The molecule has 0 saturated carbocycles. The van der Waals surface area contributed by atoms with Crippen LogP contribution in [-0.4, -0.2) is 31.4 Å². The average molecular weight is 271 g/mol. The van der Waals surface area contributed by atoms with Crippen molar-refractivity contribution in [2.45, 2.75) is 54.4 Å². The van der Waals surface area contributed by atoms with Crippen molar-refractivity contribution < 1.29 is 14.3 Å². The molecule has 19 heavy (non-hydrogen) atoms. The summed E-state index contributed by atoms with van der Waals surface area (Å²) in [6.45, 7) is 13.0. The number of carbonyl (C=O) groups is 2. The molecule has 0 heterocycles. The molecular weight excluding hydrogens is 242 g/mol. The van der Waals surface area contributed by atoms with E-state index in [1.54, 1.807) is 0 Å². The smallest absolute Gasteiger partial charge is 0.225 e. The molecule has 0 fully saturated rings. The van der Waals surface area contributed by atoms with Gasteiger partial charge in [0.1, 0.15) is 5.78 Å². The number of carbonyl (C=O) groups excluding carboxylic acids is 2. The molecule has 0 radical (unpaired) electrons. The topological polar surface area (TPSA) is 55.4 Å². The second-order valence-corrected chi connectivity index (χ2v) is 6.90. The fourth-order valence-electron chi connectivity index (χ4n) is 1.31. The first-order valence-electron chi connectivity index (χ1n) is 6.94. The minimum atomic E-state index is -0.362. The number of Topliss-reactive ketones (excluding diaryl/α,β-unsaturated/α-hetero) is 1. The van der Waals surface area contributed by atoms with E-state index in [2.05, 4.69) is 5.32 Å². The van der Waals surface area contributed by atoms with E-state index in [-0.39, 0.29) is 22.5 Å². The first-order valence-corrected chi connectivity index (χ1v) is 6.94. The van der Waals surface area contributed by atoms with Crippen LogP contribution in [0, 0.1) is 10.8 Å². The summed E-state index contributed by atoms with van der Waals surface area (Å²) in [5.74, 6) is 0.288. The van der Waals surface area contributed by atoms with E-state index < -0.39 is 0 Å². The summed E-state index contributed by atoms with van der Waals surface area (Å²) in [6.07, 6.45) is 1.29. The van der Waals surface area contributed by atoms with Gasteiger partial charge in [0.25, 0.3) is 0 Å². The van der Waals surface area contributed by atoms with E-state index in [1.165, 1.54) is 0 Å². The molecular formula is C15H29NO3. The van der Waals surface area contributed by atoms with Gasteiger partial charge in [-0.25, -0.2) is 0 Å². The number of amides is 1. The van der Waals surface area contributed by atoms with Crippen LogP contribution in [0.5, 0.6) is 0 Å². The molecule has 4 nitrogen and oxygen atoms in total. The molecule has 4 heteroatoms. The Hall–Kier alpha value is -0.900. The molecule has 1 N–H and O–H groups in total. The van der Waals surface area contributed by atoms with Gasteiger partial charge in [0, 0.05) is 30.4 Å². The minimum Gasteiger partial charge on any atom is -0.380 e. The summed E-state index contributed by atoms with van der Waals surface area (Å²) in [5, 5.41) is 2.82. The average Bonchev–Trinajstić information content (AvgIpc) is 2.24. The lowest BCUT2D eigenvalue weighted by molar-refractivity contribution is -0.128. The van der Waals surface area contributed by atoms with Crippen LogP contribution >= 0.6 is 0 Å². The van der Waals surface area contributed by atoms with Crippen LogP contribution in [0.25, 0.3) is 0 Å². The summed E-state index contributed by atoms with van der Waals surface area (Å²) in [6, 6.07) is 0. The predicted molar refractivity (Wildman–Crippen MR) is 77.0 cm³/mol. The molecule has 0 saturated heterocycles. The second-order valence-electron chi connectivity index (χ2n) is 6.90. The highest BCUT2D eigenvalue weighted by atomic mass is 16.5. The number of nitrogens with one attached hydrogen (secondary N) is 1. The van der Waals surface area contributed by atoms with Crippen molar-refractivity contribution in [3.63, 3.8) is 0 Å². The molecule has 0 aromatic rings. The van der Waals surface area contributed by atoms with E-state index in [9.17, 15) is 9.59 Å². The lowest BCUT2D eigenvalue weighted by Gasteiger charge is -2.18. The number of ether oxygens (including phenoxy) is 1. The Kier molecular flexibility index (Phi) is 7.27. The second kappa shape index (κ2) is 7.63. The Morgan fingerprint density at radius 2 is 1.53 bits per heavy atom. The normalized spacial score (nSPS) is 12.3. The van der Waals surface area contributed by atoms with Crippen molar-refractivity contribution >= 4 is 11.7 Å². The first kappa shape index (κ1) is 18.1. The first-order chi connectivity index (χ1) is 8.55. The predicted octanol–water partition coefficient (Wildman–Crippen LogP) is 2.56. The van der Waals surface area contributed by atoms with Crippen LogP contribution < -0.4 is 5.32 Å². The Morgan fingerprint density at radius 1 is 0.947 bits per heavy atom. The summed E-state index contributed by atoms with van der Waals surface area (Å²) >= 11 is 0. The minimum absolute atomic E-state index is 0.0269. The molecule has 0 aliphatic rings. The number of ketones is 1. The van der Waals surface area contributed by atoms with Crippen LogP contribution in [-0.2, 0) is 14.3 Å². The third-order valence-electron chi connectivity index (χ3n) is 2.74. The largest absolute Gasteiger partial charge is 0.380 e. The highest BCUT2D eigenvalue weighted by Crippen LogP contribution is 2.17. The fourth-order valence-corrected chi connectivity index (χ4v) is 1.31. The van der Waals surface area contributed by atoms with Gasteiger partial charge in [-0.05, 0) is 6.42 Å². The van der Waals surface area contributed by atoms with E-state index in [1.807, 2.05) is 41.5 Å². The number of hydrogen-bond donors (Lipinski definition) is 1. The maximum absolute atomic E-state index is 11.6. The number of rotatable bonds is 7. The molecule has 1 amide bonds. The molecule has 0 aromatic carbocycles. The summed E-state index contributed by atoms with van der Waals surface area (Å²) < 4.78 is 5.39. The SMILES string of the molecule is CC(C)(C)C(=O)CCCOCCNC(=O)C(C)(C)C. The van der Waals surface area contributed by atoms with Crippen molar-refractivity contribution in [2.24, 2.45) is 10.8 Å². The van der Waals surface area contributed by atoms with Gasteiger partial charge < -0.3 is 10.1 Å². The monoisotopic (exact) mass is 271 g/mol. The van der Waals surface area contributed by atoms with Crippen LogP contribution in [0.1, 0.15) is 54.4 Å². The Labute approximate surface area is 117 Å².